The van der Waals surface area contributed by atoms with Crippen molar-refractivity contribution in [3.8, 4) is 11.5 Å². The number of anilines is 1. The van der Waals surface area contributed by atoms with Gasteiger partial charge in [0.05, 0.1) is 30.3 Å². The number of hydrogen-bond donors (Lipinski definition) is 0. The van der Waals surface area contributed by atoms with E-state index in [1.807, 2.05) is 19.1 Å². The number of sulfonamides is 1. The van der Waals surface area contributed by atoms with Gasteiger partial charge in [0.25, 0.3) is 10.0 Å². The first-order valence-electron chi connectivity index (χ1n) is 9.50. The Balaban J connectivity index is 1.87. The zero-order valence-corrected chi connectivity index (χ0v) is 17.2. The van der Waals surface area contributed by atoms with Crippen LogP contribution < -0.4 is 13.8 Å². The van der Waals surface area contributed by atoms with Crippen LogP contribution in [0.25, 0.3) is 0 Å². The Morgan fingerprint density at radius 2 is 1.82 bits per heavy atom. The summed E-state index contributed by atoms with van der Waals surface area (Å²) >= 11 is 0. The molecule has 0 N–H and O–H groups in total. The number of benzene rings is 2. The smallest absolute Gasteiger partial charge is 0.264 e. The highest BCUT2D eigenvalue weighted by atomic mass is 32.2. The summed E-state index contributed by atoms with van der Waals surface area (Å²) in [5.41, 5.74) is 1.34. The minimum absolute atomic E-state index is 0.177. The molecule has 0 aliphatic heterocycles. The maximum atomic E-state index is 13.2. The molecule has 0 saturated heterocycles. The quantitative estimate of drug-likeness (QED) is 0.601. The third-order valence-corrected chi connectivity index (χ3v) is 6.77. The van der Waals surface area contributed by atoms with Gasteiger partial charge in [-0.05, 0) is 80.6 Å². The summed E-state index contributed by atoms with van der Waals surface area (Å²) in [5.74, 6) is 1.43. The van der Waals surface area contributed by atoms with E-state index in [1.54, 1.807) is 43.5 Å². The predicted molar refractivity (Wildman–Crippen MR) is 112 cm³/mol. The maximum Gasteiger partial charge on any atom is 0.264 e. The molecular formula is C22H27NO4S. The van der Waals surface area contributed by atoms with Gasteiger partial charge in [-0.1, -0.05) is 6.08 Å². The van der Waals surface area contributed by atoms with Gasteiger partial charge in [0.1, 0.15) is 11.5 Å². The molecule has 3 rings (SSSR count). The first-order chi connectivity index (χ1) is 13.5. The summed E-state index contributed by atoms with van der Waals surface area (Å²) in [5, 5.41) is 0. The summed E-state index contributed by atoms with van der Waals surface area (Å²) in [6.45, 7) is 5.71. The molecule has 5 nitrogen and oxygen atoms in total. The molecule has 0 unspecified atom stereocenters. The van der Waals surface area contributed by atoms with Crippen LogP contribution in [0, 0.1) is 6.92 Å². The third-order valence-electron chi connectivity index (χ3n) is 4.98. The minimum atomic E-state index is -3.73. The van der Waals surface area contributed by atoms with Crippen molar-refractivity contribution in [2.75, 3.05) is 18.0 Å². The van der Waals surface area contributed by atoms with Gasteiger partial charge < -0.3 is 9.47 Å². The van der Waals surface area contributed by atoms with E-state index in [0.717, 1.165) is 24.2 Å². The lowest BCUT2D eigenvalue weighted by molar-refractivity contribution is 0.210. The van der Waals surface area contributed by atoms with Gasteiger partial charge in [-0.25, -0.2) is 8.42 Å². The van der Waals surface area contributed by atoms with E-state index in [9.17, 15) is 8.42 Å². The Labute approximate surface area is 167 Å². The number of nitrogens with zero attached hydrogens (tertiary/aromatic N) is 1. The van der Waals surface area contributed by atoms with Gasteiger partial charge in [-0.3, -0.25) is 4.31 Å². The van der Waals surface area contributed by atoms with Crippen LogP contribution in [0.2, 0.25) is 0 Å². The third kappa shape index (κ3) is 4.33. The lowest BCUT2D eigenvalue weighted by Crippen LogP contribution is -2.31. The van der Waals surface area contributed by atoms with Crippen molar-refractivity contribution >= 4 is 15.7 Å². The van der Waals surface area contributed by atoms with Gasteiger partial charge in [0.15, 0.2) is 0 Å². The normalized spacial score (nSPS) is 14.6. The van der Waals surface area contributed by atoms with Crippen LogP contribution in [-0.2, 0) is 10.0 Å². The summed E-state index contributed by atoms with van der Waals surface area (Å²) in [6, 6.07) is 12.1. The van der Waals surface area contributed by atoms with Gasteiger partial charge in [0.2, 0.25) is 0 Å². The van der Waals surface area contributed by atoms with Crippen LogP contribution in [0.3, 0.4) is 0 Å². The lowest BCUT2D eigenvalue weighted by atomic mass is 10.2. The number of aryl methyl sites for hydroxylation is 1. The molecule has 1 aliphatic carbocycles. The van der Waals surface area contributed by atoms with Crippen LogP contribution in [0.15, 0.2) is 60.0 Å². The van der Waals surface area contributed by atoms with Crippen LogP contribution in [0.1, 0.15) is 31.2 Å². The van der Waals surface area contributed by atoms with E-state index in [0.29, 0.717) is 11.4 Å². The first kappa shape index (κ1) is 20.3. The highest BCUT2D eigenvalue weighted by molar-refractivity contribution is 7.92. The second kappa shape index (κ2) is 8.69. The molecule has 2 aromatic rings. The molecule has 0 aromatic heterocycles. The average Bonchev–Trinajstić information content (AvgIpc) is 3.20. The molecule has 0 radical (unpaired) electrons. The van der Waals surface area contributed by atoms with Crippen LogP contribution >= 0.6 is 0 Å². The van der Waals surface area contributed by atoms with Crippen LogP contribution in [0.5, 0.6) is 11.5 Å². The van der Waals surface area contributed by atoms with Gasteiger partial charge >= 0.3 is 0 Å². The summed E-state index contributed by atoms with van der Waals surface area (Å²) in [6.07, 6.45) is 6.41. The zero-order valence-electron chi connectivity index (χ0n) is 16.4. The molecule has 2 aromatic carbocycles. The molecule has 1 fully saturated rings. The van der Waals surface area contributed by atoms with Crippen molar-refractivity contribution in [1.29, 1.82) is 0 Å². The molecule has 0 spiro atoms. The largest absolute Gasteiger partial charge is 0.496 e. The summed E-state index contributed by atoms with van der Waals surface area (Å²) in [7, 11) is -2.17. The molecule has 1 saturated carbocycles. The van der Waals surface area contributed by atoms with Crippen LogP contribution in [0.4, 0.5) is 5.69 Å². The Bertz CT molecular complexity index is 916. The van der Waals surface area contributed by atoms with E-state index >= 15 is 0 Å². The maximum absolute atomic E-state index is 13.2. The van der Waals surface area contributed by atoms with Gasteiger partial charge in [-0.2, -0.15) is 0 Å². The molecule has 28 heavy (non-hydrogen) atoms. The molecule has 150 valence electrons. The van der Waals surface area contributed by atoms with Gasteiger partial charge in [0, 0.05) is 0 Å². The molecule has 1 aliphatic rings. The van der Waals surface area contributed by atoms with E-state index < -0.39 is 10.0 Å². The molecule has 0 heterocycles. The lowest BCUT2D eigenvalue weighted by Gasteiger charge is -2.24. The zero-order chi connectivity index (χ0) is 20.1. The Hall–Kier alpha value is -2.47. The second-order valence-electron chi connectivity index (χ2n) is 6.97. The SMILES string of the molecule is C=CCN(c1ccc(OC2CCCC2)cc1)S(=O)(=O)c1ccc(OC)c(C)c1. The molecular weight excluding hydrogens is 374 g/mol. The second-order valence-corrected chi connectivity index (χ2v) is 8.84. The van der Waals surface area contributed by atoms with E-state index in [4.69, 9.17) is 9.47 Å². The van der Waals surface area contributed by atoms with E-state index in [1.165, 1.54) is 17.1 Å². The Morgan fingerprint density at radius 1 is 1.14 bits per heavy atom. The topological polar surface area (TPSA) is 55.8 Å². The van der Waals surface area contributed by atoms with Crippen molar-refractivity contribution in [1.82, 2.24) is 0 Å². The number of rotatable bonds is 8. The minimum Gasteiger partial charge on any atom is -0.496 e. The predicted octanol–water partition coefficient (Wildman–Crippen LogP) is 4.71. The highest BCUT2D eigenvalue weighted by Crippen LogP contribution is 2.30. The van der Waals surface area contributed by atoms with E-state index in [2.05, 4.69) is 6.58 Å². The highest BCUT2D eigenvalue weighted by Gasteiger charge is 2.25. The number of methoxy groups -OCH3 is 1. The first-order valence-corrected chi connectivity index (χ1v) is 10.9. The van der Waals surface area contributed by atoms with Crippen molar-refractivity contribution in [2.24, 2.45) is 0 Å². The molecule has 0 atom stereocenters. The Kier molecular flexibility index (Phi) is 6.29. The molecule has 0 bridgehead atoms. The summed E-state index contributed by atoms with van der Waals surface area (Å²) < 4.78 is 39.1. The fraction of sp³-hybridized carbons (Fsp3) is 0.364. The average molecular weight is 402 g/mol. The van der Waals surface area contributed by atoms with E-state index in [-0.39, 0.29) is 17.5 Å². The number of hydrogen-bond acceptors (Lipinski definition) is 4. The summed E-state index contributed by atoms with van der Waals surface area (Å²) in [4.78, 5) is 0.221. The van der Waals surface area contributed by atoms with Crippen molar-refractivity contribution in [3.63, 3.8) is 0 Å². The fourth-order valence-electron chi connectivity index (χ4n) is 3.49. The van der Waals surface area contributed by atoms with Gasteiger partial charge in [-0.15, -0.1) is 6.58 Å². The van der Waals surface area contributed by atoms with Crippen LogP contribution in [-0.4, -0.2) is 28.2 Å². The number of ether oxygens (including phenoxy) is 2. The van der Waals surface area contributed by atoms with Crippen molar-refractivity contribution in [2.45, 2.75) is 43.6 Å². The standard InChI is InChI=1S/C22H27NO4S/c1-4-15-23(28(24,25)21-13-14-22(26-3)17(2)16-21)18-9-11-20(12-10-18)27-19-7-5-6-8-19/h4,9-14,16,19H,1,5-8,15H2,2-3H3. The monoisotopic (exact) mass is 401 g/mol. The van der Waals surface area contributed by atoms with Crippen molar-refractivity contribution in [3.05, 3.63) is 60.7 Å². The fourth-order valence-corrected chi connectivity index (χ4v) is 5.01. The molecule has 0 amide bonds. The molecule has 6 heteroatoms. The Morgan fingerprint density at radius 3 is 2.39 bits per heavy atom. The van der Waals surface area contributed by atoms with Crippen molar-refractivity contribution < 1.29 is 17.9 Å².